The minimum Gasteiger partial charge on any atom is -0.481 e. The van der Waals surface area contributed by atoms with Crippen molar-refractivity contribution in [3.8, 4) is 0 Å². The first-order valence-electron chi connectivity index (χ1n) is 3.82. The molecule has 0 aromatic carbocycles. The van der Waals surface area contributed by atoms with E-state index >= 15 is 0 Å². The summed E-state index contributed by atoms with van der Waals surface area (Å²) in [5.41, 5.74) is 5.44. The Kier molecular flexibility index (Phi) is 3.61. The van der Waals surface area contributed by atoms with Gasteiger partial charge in [0, 0.05) is 0 Å². The molecule has 0 radical (unpaired) electrons. The Bertz CT molecular complexity index is 177. The fourth-order valence-electron chi connectivity index (χ4n) is 1.16. The zero-order valence-electron chi connectivity index (χ0n) is 6.49. The van der Waals surface area contributed by atoms with E-state index in [1.165, 1.54) is 0 Å². The van der Waals surface area contributed by atoms with Gasteiger partial charge in [-0.2, -0.15) is 0 Å². The van der Waals surface area contributed by atoms with Crippen LogP contribution >= 0.6 is 9.47 Å². The lowest BCUT2D eigenvalue weighted by Gasteiger charge is -2.13. The van der Waals surface area contributed by atoms with Crippen LogP contribution in [0.2, 0.25) is 0 Å². The summed E-state index contributed by atoms with van der Waals surface area (Å²) in [6, 6.07) is 0. The third kappa shape index (κ3) is 2.64. The van der Waals surface area contributed by atoms with Crippen molar-refractivity contribution in [2.75, 3.05) is 6.54 Å². The van der Waals surface area contributed by atoms with Crippen molar-refractivity contribution in [1.82, 2.24) is 0 Å². The first-order chi connectivity index (χ1) is 5.36. The van der Waals surface area contributed by atoms with Gasteiger partial charge in [-0.1, -0.05) is 6.08 Å². The molecule has 0 heterocycles. The Morgan fingerprint density at radius 2 is 2.55 bits per heavy atom. The number of hydrogen-bond acceptors (Lipinski definition) is 2. The summed E-state index contributed by atoms with van der Waals surface area (Å²) >= 11 is 0. The van der Waals surface area contributed by atoms with Crippen molar-refractivity contribution in [2.45, 2.75) is 12.8 Å². The maximum Gasteiger partial charge on any atom is 0.118 e. The minimum atomic E-state index is 0.615. The molecule has 0 saturated heterocycles. The molecule has 1 rings (SSSR count). The number of nitrogens with two attached hydrogens (primary N) is 1. The van der Waals surface area contributed by atoms with E-state index in [1.807, 2.05) is 6.08 Å². The van der Waals surface area contributed by atoms with Gasteiger partial charge in [0.25, 0.3) is 0 Å². The van der Waals surface area contributed by atoms with Crippen LogP contribution in [0.3, 0.4) is 0 Å². The maximum absolute atomic E-state index is 5.44. The Hall–Kier alpha value is -0.330. The monoisotopic (exact) mass is 171 g/mol. The van der Waals surface area contributed by atoms with Crippen molar-refractivity contribution < 1.29 is 4.52 Å². The summed E-state index contributed by atoms with van der Waals surface area (Å²) < 4.78 is 4.98. The number of allylic oxidation sites excluding steroid dienone is 3. The molecule has 0 bridgehead atoms. The maximum atomic E-state index is 5.44. The molecule has 11 heavy (non-hydrogen) atoms. The van der Waals surface area contributed by atoms with Crippen molar-refractivity contribution >= 4 is 9.47 Å². The second kappa shape index (κ2) is 4.53. The van der Waals surface area contributed by atoms with Gasteiger partial charge in [0.1, 0.15) is 5.76 Å². The lowest BCUT2D eigenvalue weighted by atomic mass is 9.97. The Labute approximate surface area is 69.8 Å². The Morgan fingerprint density at radius 3 is 3.00 bits per heavy atom. The number of rotatable bonds is 3. The van der Waals surface area contributed by atoms with Crippen molar-refractivity contribution in [1.29, 1.82) is 0 Å². The summed E-state index contributed by atoms with van der Waals surface area (Å²) in [4.78, 5) is 0. The highest BCUT2D eigenvalue weighted by Gasteiger charge is 2.06. The molecule has 0 spiro atoms. The standard InChI is InChI=1S/C8H14NOP/c9-6-5-7-1-3-8(10-11)4-2-7/h1,3-4,7H,2,5-6,9,11H2. The van der Waals surface area contributed by atoms with Crippen LogP contribution in [0.25, 0.3) is 0 Å². The molecule has 62 valence electrons. The fraction of sp³-hybridized carbons (Fsp3) is 0.500. The van der Waals surface area contributed by atoms with E-state index in [0.717, 1.165) is 25.1 Å². The molecule has 2 nitrogen and oxygen atoms in total. The largest absolute Gasteiger partial charge is 0.481 e. The van der Waals surface area contributed by atoms with E-state index in [1.54, 1.807) is 0 Å². The topological polar surface area (TPSA) is 35.2 Å². The van der Waals surface area contributed by atoms with Gasteiger partial charge >= 0.3 is 0 Å². The summed E-state index contributed by atoms with van der Waals surface area (Å²) in [6.07, 6.45) is 8.37. The second-order valence-corrected chi connectivity index (χ2v) is 2.89. The molecule has 2 N–H and O–H groups in total. The van der Waals surface area contributed by atoms with Crippen LogP contribution in [0.1, 0.15) is 12.8 Å². The zero-order chi connectivity index (χ0) is 8.10. The van der Waals surface area contributed by atoms with E-state index < -0.39 is 0 Å². The molecular formula is C8H14NOP. The molecule has 0 fully saturated rings. The van der Waals surface area contributed by atoms with Crippen LogP contribution in [0.15, 0.2) is 24.0 Å². The minimum absolute atomic E-state index is 0.615. The predicted octanol–water partition coefficient (Wildman–Crippen LogP) is 1.60. The van der Waals surface area contributed by atoms with Crippen LogP contribution < -0.4 is 5.73 Å². The lowest BCUT2D eigenvalue weighted by molar-refractivity contribution is 0.495. The molecule has 0 aliphatic heterocycles. The molecule has 0 saturated carbocycles. The molecule has 0 amide bonds. The molecule has 1 aliphatic carbocycles. The summed E-state index contributed by atoms with van der Waals surface area (Å²) in [5.74, 6) is 1.55. The predicted molar refractivity (Wildman–Crippen MR) is 49.8 cm³/mol. The first kappa shape index (κ1) is 8.76. The third-order valence-electron chi connectivity index (χ3n) is 1.83. The van der Waals surface area contributed by atoms with Crippen LogP contribution in [-0.2, 0) is 4.52 Å². The summed E-state index contributed by atoms with van der Waals surface area (Å²) in [6.45, 7) is 0.764. The molecule has 2 unspecified atom stereocenters. The Morgan fingerprint density at radius 1 is 1.73 bits per heavy atom. The SMILES string of the molecule is NCCC1C=CC(OP)=CC1. The van der Waals surface area contributed by atoms with Crippen LogP contribution in [0.5, 0.6) is 0 Å². The average Bonchev–Trinajstić information content (AvgIpc) is 2.07. The van der Waals surface area contributed by atoms with Crippen molar-refractivity contribution in [3.63, 3.8) is 0 Å². The van der Waals surface area contributed by atoms with Crippen LogP contribution in [0.4, 0.5) is 0 Å². The van der Waals surface area contributed by atoms with Gasteiger partial charge in [-0.05, 0) is 37.5 Å². The van der Waals surface area contributed by atoms with E-state index in [4.69, 9.17) is 10.3 Å². The average molecular weight is 171 g/mol. The quantitative estimate of drug-likeness (QED) is 0.654. The molecule has 0 aromatic heterocycles. The fourth-order valence-corrected chi connectivity index (χ4v) is 1.34. The normalized spacial score (nSPS) is 23.1. The van der Waals surface area contributed by atoms with E-state index in [0.29, 0.717) is 5.92 Å². The summed E-state index contributed by atoms with van der Waals surface area (Å²) in [7, 11) is 2.24. The van der Waals surface area contributed by atoms with E-state index in [2.05, 4.69) is 21.6 Å². The third-order valence-corrected chi connectivity index (χ3v) is 2.10. The van der Waals surface area contributed by atoms with E-state index in [9.17, 15) is 0 Å². The number of hydrogen-bond donors (Lipinski definition) is 1. The Balaban J connectivity index is 2.37. The first-order valence-corrected chi connectivity index (χ1v) is 4.29. The van der Waals surface area contributed by atoms with Gasteiger partial charge < -0.3 is 10.3 Å². The smallest absolute Gasteiger partial charge is 0.118 e. The summed E-state index contributed by atoms with van der Waals surface area (Å²) in [5, 5.41) is 0. The molecule has 2 atom stereocenters. The zero-order valence-corrected chi connectivity index (χ0v) is 7.65. The van der Waals surface area contributed by atoms with Crippen LogP contribution in [-0.4, -0.2) is 6.54 Å². The molecule has 3 heteroatoms. The van der Waals surface area contributed by atoms with Gasteiger partial charge in [0.05, 0.1) is 9.47 Å². The second-order valence-electron chi connectivity index (χ2n) is 2.66. The van der Waals surface area contributed by atoms with E-state index in [-0.39, 0.29) is 0 Å². The van der Waals surface area contributed by atoms with Gasteiger partial charge in [0.2, 0.25) is 0 Å². The van der Waals surface area contributed by atoms with Crippen molar-refractivity contribution in [2.24, 2.45) is 11.7 Å². The van der Waals surface area contributed by atoms with Gasteiger partial charge in [-0.25, -0.2) is 0 Å². The van der Waals surface area contributed by atoms with Gasteiger partial charge in [0.15, 0.2) is 0 Å². The van der Waals surface area contributed by atoms with Crippen molar-refractivity contribution in [3.05, 3.63) is 24.0 Å². The molecule has 1 aliphatic rings. The van der Waals surface area contributed by atoms with Crippen LogP contribution in [0, 0.1) is 5.92 Å². The lowest BCUT2D eigenvalue weighted by Crippen LogP contribution is -2.07. The van der Waals surface area contributed by atoms with Gasteiger partial charge in [-0.3, -0.25) is 0 Å². The highest BCUT2D eigenvalue weighted by molar-refractivity contribution is 7.10. The highest BCUT2D eigenvalue weighted by atomic mass is 31.0. The molecular weight excluding hydrogens is 157 g/mol. The molecule has 0 aromatic rings. The van der Waals surface area contributed by atoms with Gasteiger partial charge in [-0.15, -0.1) is 0 Å². The highest BCUT2D eigenvalue weighted by Crippen LogP contribution is 2.20.